The van der Waals surface area contributed by atoms with Crippen LogP contribution in [0, 0.1) is 0 Å². The number of carbonyl (C=O) groups is 8. The zero-order chi connectivity index (χ0) is 39.0. The highest BCUT2D eigenvalue weighted by atomic mass is 16.6. The van der Waals surface area contributed by atoms with E-state index in [9.17, 15) is 53.7 Å². The van der Waals surface area contributed by atoms with Gasteiger partial charge in [0, 0.05) is 26.8 Å². The van der Waals surface area contributed by atoms with E-state index in [0.717, 1.165) is 6.92 Å². The highest BCUT2D eigenvalue weighted by molar-refractivity contribution is 5.93. The largest absolute Gasteiger partial charge is 0.394 e. The Labute approximate surface area is 294 Å². The third kappa shape index (κ3) is 15.6. The summed E-state index contributed by atoms with van der Waals surface area (Å²) in [4.78, 5) is 97.6. The molecule has 0 aliphatic carbocycles. The van der Waals surface area contributed by atoms with Crippen molar-refractivity contribution in [2.75, 3.05) is 13.2 Å². The van der Waals surface area contributed by atoms with E-state index < -0.39 is 109 Å². The molecule has 0 aromatic heterocycles. The van der Waals surface area contributed by atoms with E-state index in [1.807, 2.05) is 0 Å². The number of nitrogens with two attached hydrogens (primary N) is 2. The molecule has 1 aliphatic heterocycles. The molecule has 1 rings (SSSR count). The van der Waals surface area contributed by atoms with Crippen molar-refractivity contribution >= 4 is 47.3 Å². The Kier molecular flexibility index (Phi) is 19.0. The predicted molar refractivity (Wildman–Crippen MR) is 175 cm³/mol. The van der Waals surface area contributed by atoms with Gasteiger partial charge in [0.05, 0.1) is 6.61 Å². The number of amides is 8. The van der Waals surface area contributed by atoms with E-state index in [4.69, 9.17) is 20.9 Å². The number of rotatable bonds is 21. The lowest BCUT2D eigenvalue weighted by Crippen LogP contribution is -2.65. The van der Waals surface area contributed by atoms with Crippen molar-refractivity contribution in [3.05, 3.63) is 0 Å². The number of nitrogens with one attached hydrogen (secondary N) is 6. The van der Waals surface area contributed by atoms with Gasteiger partial charge in [-0.05, 0) is 46.5 Å². The van der Waals surface area contributed by atoms with Crippen molar-refractivity contribution in [2.45, 2.75) is 128 Å². The summed E-state index contributed by atoms with van der Waals surface area (Å²) in [6, 6.07) is -6.08. The van der Waals surface area contributed by atoms with Crippen LogP contribution in [0.5, 0.6) is 0 Å². The predicted octanol–water partition coefficient (Wildman–Crippen LogP) is -5.63. The number of primary amides is 2. The molecule has 21 nitrogen and oxygen atoms in total. The number of aliphatic hydroxyl groups excluding tert-OH is 3. The zero-order valence-electron chi connectivity index (χ0n) is 29.3. The Balaban J connectivity index is 2.82. The van der Waals surface area contributed by atoms with Gasteiger partial charge in [-0.2, -0.15) is 0 Å². The molecule has 13 N–H and O–H groups in total. The average Bonchev–Trinajstić information content (AvgIpc) is 3.04. The summed E-state index contributed by atoms with van der Waals surface area (Å²) in [5.41, 5.74) is 10.6. The molecule has 8 amide bonds. The van der Waals surface area contributed by atoms with Gasteiger partial charge in [-0.3, -0.25) is 38.4 Å². The number of hydrogen-bond donors (Lipinski definition) is 11. The normalized spacial score (nSPS) is 22.9. The van der Waals surface area contributed by atoms with Crippen molar-refractivity contribution in [3.63, 3.8) is 0 Å². The molecule has 0 bridgehead atoms. The second-order valence-corrected chi connectivity index (χ2v) is 12.2. The van der Waals surface area contributed by atoms with Crippen molar-refractivity contribution in [3.8, 4) is 0 Å². The van der Waals surface area contributed by atoms with Crippen LogP contribution in [-0.2, 0) is 47.8 Å². The lowest BCUT2D eigenvalue weighted by atomic mass is 9.96. The first-order valence-electron chi connectivity index (χ1n) is 16.4. The second kappa shape index (κ2) is 21.7. The van der Waals surface area contributed by atoms with Crippen LogP contribution in [0.15, 0.2) is 0 Å². The zero-order valence-corrected chi connectivity index (χ0v) is 29.3. The minimum absolute atomic E-state index is 0.141. The van der Waals surface area contributed by atoms with Crippen LogP contribution in [0.4, 0.5) is 0 Å². The molecule has 0 unspecified atom stereocenters. The molecule has 10 atom stereocenters. The standard InChI is InChI=1S/C30H52N8O13/c1-13(25(31)44)34-29(48)19(8-6-7-11-33-16(4)40)37-21(42)10-9-18(26(32)45)38-27(46)14(2)35-28(47)15(3)50-24-22(36-17(5)41)30(49)51-20(12-39)23(24)43/h13-15,18-20,22-24,30,39,43,49H,6-12H2,1-5H3,(H2,31,44)(H2,32,45)(H,33,40)(H,34,48)(H,35,47)(H,36,41)(H,37,42)(H,38,46)/t13-,14+,15-,18-,19+,20-,22-,23-,24-,30+/m1/s1. The topological polar surface area (TPSA) is 340 Å². The molecule has 0 aromatic rings. The van der Waals surface area contributed by atoms with E-state index in [-0.39, 0.29) is 25.2 Å². The lowest BCUT2D eigenvalue weighted by Gasteiger charge is -2.43. The minimum atomic E-state index is -1.69. The summed E-state index contributed by atoms with van der Waals surface area (Å²) in [6.45, 7) is 6.04. The fourth-order valence-electron chi connectivity index (χ4n) is 4.84. The fourth-order valence-corrected chi connectivity index (χ4v) is 4.84. The molecule has 21 heteroatoms. The van der Waals surface area contributed by atoms with Gasteiger partial charge in [0.15, 0.2) is 6.29 Å². The van der Waals surface area contributed by atoms with Crippen LogP contribution in [0.1, 0.15) is 66.7 Å². The van der Waals surface area contributed by atoms with Crippen molar-refractivity contribution in [2.24, 2.45) is 11.5 Å². The number of hydrogen-bond acceptors (Lipinski definition) is 13. The minimum Gasteiger partial charge on any atom is -0.394 e. The maximum absolute atomic E-state index is 12.9. The van der Waals surface area contributed by atoms with Crippen LogP contribution >= 0.6 is 0 Å². The lowest BCUT2D eigenvalue weighted by molar-refractivity contribution is -0.266. The number of carbonyl (C=O) groups excluding carboxylic acids is 8. The van der Waals surface area contributed by atoms with Crippen molar-refractivity contribution in [1.82, 2.24) is 31.9 Å². The molecular formula is C30H52N8O13. The van der Waals surface area contributed by atoms with Crippen LogP contribution in [0.3, 0.4) is 0 Å². The average molecular weight is 733 g/mol. The molecule has 51 heavy (non-hydrogen) atoms. The Bertz CT molecular complexity index is 1250. The summed E-state index contributed by atoms with van der Waals surface area (Å²) in [7, 11) is 0. The second-order valence-electron chi connectivity index (χ2n) is 12.2. The van der Waals surface area contributed by atoms with Gasteiger partial charge in [-0.25, -0.2) is 0 Å². The Hall–Kier alpha value is -4.44. The first-order chi connectivity index (χ1) is 23.8. The third-order valence-electron chi connectivity index (χ3n) is 7.78. The molecular weight excluding hydrogens is 680 g/mol. The highest BCUT2D eigenvalue weighted by Crippen LogP contribution is 2.24. The Morgan fingerprint density at radius 3 is 1.94 bits per heavy atom. The molecule has 1 saturated heterocycles. The molecule has 290 valence electrons. The van der Waals surface area contributed by atoms with Crippen LogP contribution in [0.25, 0.3) is 0 Å². The van der Waals surface area contributed by atoms with Crippen molar-refractivity contribution in [1.29, 1.82) is 0 Å². The smallest absolute Gasteiger partial charge is 0.249 e. The van der Waals surface area contributed by atoms with Gasteiger partial charge in [-0.1, -0.05) is 0 Å². The first kappa shape index (κ1) is 44.6. The summed E-state index contributed by atoms with van der Waals surface area (Å²) in [5, 5.41) is 44.9. The molecule has 1 aliphatic rings. The van der Waals surface area contributed by atoms with Crippen LogP contribution in [-0.4, -0.2) is 137 Å². The molecule has 1 fully saturated rings. The van der Waals surface area contributed by atoms with E-state index in [1.165, 1.54) is 27.7 Å². The number of ether oxygens (including phenoxy) is 2. The first-order valence-corrected chi connectivity index (χ1v) is 16.4. The molecule has 0 radical (unpaired) electrons. The quantitative estimate of drug-likeness (QED) is 0.0491. The van der Waals surface area contributed by atoms with Gasteiger partial charge >= 0.3 is 0 Å². The van der Waals surface area contributed by atoms with Crippen molar-refractivity contribution < 1.29 is 63.1 Å². The summed E-state index contributed by atoms with van der Waals surface area (Å²) < 4.78 is 10.7. The SMILES string of the molecule is CC(=O)NCCCC[C@H](NC(=O)CC[C@@H](NC(=O)[C@H](C)NC(=O)[C@@H](C)O[C@H]1[C@H](O)[C@@H](CO)O[C@H](O)[C@@H]1NC(C)=O)C(N)=O)C(=O)N[C@H](C)C(N)=O. The van der Waals surface area contributed by atoms with Gasteiger partial charge in [0.1, 0.15) is 54.6 Å². The van der Waals surface area contributed by atoms with Crippen LogP contribution < -0.4 is 43.4 Å². The number of aliphatic hydroxyl groups is 3. The van der Waals surface area contributed by atoms with E-state index in [0.29, 0.717) is 19.4 Å². The van der Waals surface area contributed by atoms with Gasteiger partial charge in [-0.15, -0.1) is 0 Å². The Morgan fingerprint density at radius 1 is 0.765 bits per heavy atom. The molecule has 0 aromatic carbocycles. The van der Waals surface area contributed by atoms with Gasteiger partial charge in [0.25, 0.3) is 0 Å². The summed E-state index contributed by atoms with van der Waals surface area (Å²) >= 11 is 0. The molecule has 0 saturated carbocycles. The number of unbranched alkanes of at least 4 members (excludes halogenated alkanes) is 1. The maximum atomic E-state index is 12.9. The van der Waals surface area contributed by atoms with Gasteiger partial charge < -0.3 is 68.2 Å². The monoisotopic (exact) mass is 732 g/mol. The van der Waals surface area contributed by atoms with E-state index in [2.05, 4.69) is 31.9 Å². The summed E-state index contributed by atoms with van der Waals surface area (Å²) in [6.07, 6.45) is -6.97. The molecule has 0 spiro atoms. The van der Waals surface area contributed by atoms with Gasteiger partial charge in [0.2, 0.25) is 47.3 Å². The van der Waals surface area contributed by atoms with E-state index >= 15 is 0 Å². The highest BCUT2D eigenvalue weighted by Gasteiger charge is 2.47. The summed E-state index contributed by atoms with van der Waals surface area (Å²) in [5.74, 6) is -5.72. The third-order valence-corrected chi connectivity index (χ3v) is 7.78. The van der Waals surface area contributed by atoms with E-state index in [1.54, 1.807) is 0 Å². The van der Waals surface area contributed by atoms with Crippen LogP contribution in [0.2, 0.25) is 0 Å². The molecule has 1 heterocycles. The fraction of sp³-hybridized carbons (Fsp3) is 0.733. The maximum Gasteiger partial charge on any atom is 0.249 e. The Morgan fingerprint density at radius 2 is 1.39 bits per heavy atom.